The molecule has 0 amide bonds. The van der Waals surface area contributed by atoms with Gasteiger partial charge >= 0.3 is 5.97 Å². The third-order valence-corrected chi connectivity index (χ3v) is 3.73. The minimum Gasteiger partial charge on any atom is -0.480 e. The summed E-state index contributed by atoms with van der Waals surface area (Å²) in [5, 5.41) is 13.4. The maximum Gasteiger partial charge on any atom is 0.327 e. The molecule has 0 aliphatic rings. The van der Waals surface area contributed by atoms with Gasteiger partial charge in [0.2, 0.25) is 0 Å². The number of nitrogens with zero attached hydrogens (tertiary/aromatic N) is 2. The fraction of sp³-hybridized carbons (Fsp3) is 0.143. The topological polar surface area (TPSA) is 68.3 Å². The molecule has 1 atom stereocenters. The highest BCUT2D eigenvalue weighted by Gasteiger charge is 2.24. The number of aliphatic carboxylic acids is 1. The average Bonchev–Trinajstić information content (AvgIpc) is 3.16. The van der Waals surface area contributed by atoms with Crippen molar-refractivity contribution in [3.05, 3.63) is 53.4 Å². The molecular weight excluding hydrogens is 276 g/mol. The predicted octanol–water partition coefficient (Wildman–Crippen LogP) is 3.07. The van der Waals surface area contributed by atoms with E-state index in [-0.39, 0.29) is 6.42 Å². The van der Waals surface area contributed by atoms with Gasteiger partial charge in [-0.3, -0.25) is 0 Å². The Hall–Kier alpha value is -2.34. The van der Waals surface area contributed by atoms with Crippen LogP contribution in [0, 0.1) is 0 Å². The van der Waals surface area contributed by atoms with Gasteiger partial charge in [0, 0.05) is 29.8 Å². The Kier molecular flexibility index (Phi) is 3.39. The Morgan fingerprint density at radius 2 is 2.40 bits per heavy atom. The second-order valence-corrected chi connectivity index (χ2v) is 5.09. The van der Waals surface area contributed by atoms with Crippen molar-refractivity contribution in [1.82, 2.24) is 9.55 Å². The van der Waals surface area contributed by atoms with Crippen LogP contribution in [-0.2, 0) is 11.2 Å². The van der Waals surface area contributed by atoms with Gasteiger partial charge < -0.3 is 14.1 Å². The van der Waals surface area contributed by atoms with Gasteiger partial charge in [-0.05, 0) is 23.6 Å². The summed E-state index contributed by atoms with van der Waals surface area (Å²) in [4.78, 5) is 15.8. The van der Waals surface area contributed by atoms with Crippen LogP contribution in [0.5, 0.6) is 0 Å². The molecule has 0 radical (unpaired) electrons. The molecule has 0 aliphatic carbocycles. The number of carboxylic acids is 1. The second-order valence-electron chi connectivity index (χ2n) is 4.31. The van der Waals surface area contributed by atoms with E-state index in [0.717, 1.165) is 5.56 Å². The summed E-state index contributed by atoms with van der Waals surface area (Å²) in [6, 6.07) is 4.72. The zero-order valence-electron chi connectivity index (χ0n) is 10.5. The molecule has 0 saturated heterocycles. The fourth-order valence-electron chi connectivity index (χ4n) is 2.10. The number of hydrogen-bond donors (Lipinski definition) is 1. The lowest BCUT2D eigenvalue weighted by Gasteiger charge is -2.15. The molecule has 0 fully saturated rings. The summed E-state index contributed by atoms with van der Waals surface area (Å²) in [5.41, 5.74) is 0.922. The Morgan fingerprint density at radius 1 is 1.50 bits per heavy atom. The highest BCUT2D eigenvalue weighted by atomic mass is 32.1. The lowest BCUT2D eigenvalue weighted by Crippen LogP contribution is -2.21. The van der Waals surface area contributed by atoms with Crippen molar-refractivity contribution in [3.8, 4) is 11.4 Å². The number of carbonyl (C=O) groups is 1. The minimum absolute atomic E-state index is 0.288. The highest BCUT2D eigenvalue weighted by molar-refractivity contribution is 7.08. The van der Waals surface area contributed by atoms with E-state index in [1.54, 1.807) is 46.7 Å². The van der Waals surface area contributed by atoms with E-state index in [1.165, 1.54) is 0 Å². The molecule has 102 valence electrons. The fourth-order valence-corrected chi connectivity index (χ4v) is 2.74. The van der Waals surface area contributed by atoms with Crippen LogP contribution in [0.25, 0.3) is 11.4 Å². The van der Waals surface area contributed by atoms with Crippen LogP contribution in [0.15, 0.2) is 52.0 Å². The molecular formula is C14H12N2O3S. The van der Waals surface area contributed by atoms with E-state index >= 15 is 0 Å². The van der Waals surface area contributed by atoms with Crippen LogP contribution in [-0.4, -0.2) is 20.6 Å². The Bertz CT molecular complexity index is 686. The summed E-state index contributed by atoms with van der Waals surface area (Å²) in [7, 11) is 0. The normalized spacial score (nSPS) is 12.4. The van der Waals surface area contributed by atoms with E-state index in [4.69, 9.17) is 4.42 Å². The van der Waals surface area contributed by atoms with Gasteiger partial charge in [-0.15, -0.1) is 0 Å². The average molecular weight is 288 g/mol. The van der Waals surface area contributed by atoms with Crippen molar-refractivity contribution in [1.29, 1.82) is 0 Å². The van der Waals surface area contributed by atoms with Crippen molar-refractivity contribution >= 4 is 17.3 Å². The molecule has 3 aromatic rings. The first-order chi connectivity index (χ1) is 9.75. The summed E-state index contributed by atoms with van der Waals surface area (Å²) in [5.74, 6) is 0.392. The number of rotatable bonds is 5. The quantitative estimate of drug-likeness (QED) is 0.783. The molecule has 0 saturated carbocycles. The molecule has 0 spiro atoms. The van der Waals surface area contributed by atoms with Crippen molar-refractivity contribution in [2.45, 2.75) is 12.5 Å². The number of hydrogen-bond acceptors (Lipinski definition) is 4. The molecule has 0 aromatic carbocycles. The monoisotopic (exact) mass is 288 g/mol. The van der Waals surface area contributed by atoms with Gasteiger partial charge in [-0.1, -0.05) is 0 Å². The molecule has 1 N–H and O–H groups in total. The van der Waals surface area contributed by atoms with E-state index in [0.29, 0.717) is 11.6 Å². The standard InChI is InChI=1S/C14H12N2O3S/c17-14(18)12(8-11-2-1-6-19-11)16-5-4-15-13(16)10-3-7-20-9-10/h1-7,9,12H,8H2,(H,17,18)/t12-/m0/s1. The van der Waals surface area contributed by atoms with E-state index < -0.39 is 12.0 Å². The van der Waals surface area contributed by atoms with Crippen LogP contribution in [0.1, 0.15) is 11.8 Å². The third kappa shape index (κ3) is 2.37. The highest BCUT2D eigenvalue weighted by Crippen LogP contribution is 2.25. The number of carboxylic acid groups (broad SMARTS) is 1. The molecule has 0 aliphatic heterocycles. The van der Waals surface area contributed by atoms with E-state index in [2.05, 4.69) is 4.98 Å². The van der Waals surface area contributed by atoms with Crippen molar-refractivity contribution < 1.29 is 14.3 Å². The van der Waals surface area contributed by atoms with Crippen LogP contribution in [0.3, 0.4) is 0 Å². The molecule has 3 aromatic heterocycles. The lowest BCUT2D eigenvalue weighted by molar-refractivity contribution is -0.140. The second kappa shape index (κ2) is 5.34. The number of aromatic nitrogens is 2. The first-order valence-electron chi connectivity index (χ1n) is 6.06. The van der Waals surface area contributed by atoms with Gasteiger partial charge in [0.1, 0.15) is 17.6 Å². The summed E-state index contributed by atoms with van der Waals surface area (Å²) >= 11 is 1.55. The molecule has 20 heavy (non-hydrogen) atoms. The maximum absolute atomic E-state index is 11.6. The van der Waals surface area contributed by atoms with Gasteiger partial charge in [0.05, 0.1) is 6.26 Å². The van der Waals surface area contributed by atoms with Crippen LogP contribution >= 0.6 is 11.3 Å². The van der Waals surface area contributed by atoms with E-state index in [9.17, 15) is 9.90 Å². The van der Waals surface area contributed by atoms with Crippen LogP contribution in [0.4, 0.5) is 0 Å². The molecule has 6 heteroatoms. The third-order valence-electron chi connectivity index (χ3n) is 3.04. The zero-order chi connectivity index (χ0) is 13.9. The van der Waals surface area contributed by atoms with Crippen molar-refractivity contribution in [2.24, 2.45) is 0 Å². The minimum atomic E-state index is -0.907. The Morgan fingerprint density at radius 3 is 3.05 bits per heavy atom. The van der Waals surface area contributed by atoms with Gasteiger partial charge in [0.25, 0.3) is 0 Å². The first kappa shape index (κ1) is 12.7. The van der Waals surface area contributed by atoms with Gasteiger partial charge in [0.15, 0.2) is 0 Å². The molecule has 0 unspecified atom stereocenters. The summed E-state index contributed by atoms with van der Waals surface area (Å²) in [6.07, 6.45) is 5.14. The number of furan rings is 1. The van der Waals surface area contributed by atoms with E-state index in [1.807, 2.05) is 16.8 Å². The number of imidazole rings is 1. The first-order valence-corrected chi connectivity index (χ1v) is 7.00. The molecule has 3 rings (SSSR count). The number of thiophene rings is 1. The molecule has 5 nitrogen and oxygen atoms in total. The lowest BCUT2D eigenvalue weighted by atomic mass is 10.1. The van der Waals surface area contributed by atoms with Gasteiger partial charge in [-0.2, -0.15) is 11.3 Å². The summed E-state index contributed by atoms with van der Waals surface area (Å²) < 4.78 is 6.92. The zero-order valence-corrected chi connectivity index (χ0v) is 11.3. The molecule has 3 heterocycles. The Balaban J connectivity index is 1.96. The maximum atomic E-state index is 11.6. The Labute approximate surface area is 119 Å². The predicted molar refractivity (Wildman–Crippen MR) is 74.6 cm³/mol. The molecule has 0 bridgehead atoms. The van der Waals surface area contributed by atoms with Crippen molar-refractivity contribution in [3.63, 3.8) is 0 Å². The smallest absolute Gasteiger partial charge is 0.327 e. The van der Waals surface area contributed by atoms with Gasteiger partial charge in [-0.25, -0.2) is 9.78 Å². The van der Waals surface area contributed by atoms with Crippen molar-refractivity contribution in [2.75, 3.05) is 0 Å². The summed E-state index contributed by atoms with van der Waals surface area (Å²) in [6.45, 7) is 0. The largest absolute Gasteiger partial charge is 0.480 e. The van der Waals surface area contributed by atoms with Crippen LogP contribution < -0.4 is 0 Å². The van der Waals surface area contributed by atoms with Crippen LogP contribution in [0.2, 0.25) is 0 Å². The SMILES string of the molecule is O=C(O)[C@H](Cc1ccco1)n1ccnc1-c1ccsc1.